The fraction of sp³-hybridized carbons (Fsp3) is 0.895. The van der Waals surface area contributed by atoms with Crippen molar-refractivity contribution in [3.63, 3.8) is 0 Å². The molecule has 3 fully saturated rings. The van der Waals surface area contributed by atoms with Gasteiger partial charge in [-0.05, 0) is 34.1 Å². The van der Waals surface area contributed by atoms with Crippen LogP contribution in [0, 0.1) is 0 Å². The lowest BCUT2D eigenvalue weighted by molar-refractivity contribution is -0.242. The summed E-state index contributed by atoms with van der Waals surface area (Å²) in [5.74, 6) is -3.09. The fourth-order valence-corrected chi connectivity index (χ4v) is 3.75. The Morgan fingerprint density at radius 3 is 2.10 bits per heavy atom. The van der Waals surface area contributed by atoms with E-state index >= 15 is 0 Å². The number of esters is 2. The van der Waals surface area contributed by atoms with Crippen molar-refractivity contribution in [2.75, 3.05) is 13.2 Å². The van der Waals surface area contributed by atoms with Crippen molar-refractivity contribution in [2.45, 2.75) is 94.1 Å². The molecule has 0 aliphatic carbocycles. The molecule has 0 spiro atoms. The third-order valence-electron chi connectivity index (χ3n) is 4.88. The predicted octanol–water partition coefficient (Wildman–Crippen LogP) is 2.09. The molecule has 0 aromatic heterocycles. The Morgan fingerprint density at radius 1 is 0.867 bits per heavy atom. The summed E-state index contributed by atoms with van der Waals surface area (Å²) in [6.07, 6.45) is -2.39. The summed E-state index contributed by atoms with van der Waals surface area (Å²) in [5.41, 5.74) is 0. The first-order chi connectivity index (χ1) is 13.9. The summed E-state index contributed by atoms with van der Waals surface area (Å²) < 4.78 is 39.8. The molecule has 0 bridgehead atoms. The van der Waals surface area contributed by atoms with Crippen molar-refractivity contribution in [2.24, 2.45) is 0 Å². The Kier molecular flexibility index (Phi) is 7.23. The van der Waals surface area contributed by atoms with Crippen LogP contribution in [0.25, 0.3) is 0 Å². The van der Waals surface area contributed by atoms with Crippen LogP contribution in [0.15, 0.2) is 0 Å². The SMILES string of the molecule is CCC(Cl)C(=O)OCC(Cl)C(=O)OCC1OC2OC(C)(C)OC2C2OC(C)(C)OC12. The average molecular weight is 471 g/mol. The van der Waals surface area contributed by atoms with E-state index in [-0.39, 0.29) is 13.2 Å². The average Bonchev–Trinajstić information content (AvgIpc) is 3.16. The highest BCUT2D eigenvalue weighted by Crippen LogP contribution is 2.44. The zero-order chi connectivity index (χ0) is 22.3. The Hall–Kier alpha value is -0.680. The molecule has 0 amide bonds. The van der Waals surface area contributed by atoms with E-state index in [4.69, 9.17) is 56.4 Å². The molecule has 0 N–H and O–H groups in total. The summed E-state index contributed by atoms with van der Waals surface area (Å²) in [4.78, 5) is 23.8. The zero-order valence-electron chi connectivity index (χ0n) is 17.6. The van der Waals surface area contributed by atoms with Crippen LogP contribution in [0.2, 0.25) is 0 Å². The van der Waals surface area contributed by atoms with E-state index < -0.39 is 65.0 Å². The third-order valence-corrected chi connectivity index (χ3v) is 5.67. The zero-order valence-corrected chi connectivity index (χ0v) is 19.1. The maximum atomic E-state index is 12.2. The molecule has 0 aromatic rings. The van der Waals surface area contributed by atoms with E-state index in [1.165, 1.54) is 0 Å². The van der Waals surface area contributed by atoms with E-state index in [9.17, 15) is 9.59 Å². The fourth-order valence-electron chi connectivity index (χ4n) is 3.56. The lowest BCUT2D eigenvalue weighted by atomic mass is 9.99. The molecule has 3 heterocycles. The lowest BCUT2D eigenvalue weighted by Gasteiger charge is -2.36. The van der Waals surface area contributed by atoms with Crippen LogP contribution in [-0.2, 0) is 42.7 Å². The van der Waals surface area contributed by atoms with E-state index in [0.717, 1.165) is 0 Å². The van der Waals surface area contributed by atoms with Gasteiger partial charge in [-0.3, -0.25) is 9.59 Å². The van der Waals surface area contributed by atoms with Gasteiger partial charge in [-0.1, -0.05) is 6.92 Å². The highest BCUT2D eigenvalue weighted by Gasteiger charge is 2.60. The molecule has 0 saturated carbocycles. The van der Waals surface area contributed by atoms with Gasteiger partial charge >= 0.3 is 11.9 Å². The number of fused-ring (bicyclic) bond motifs is 3. The van der Waals surface area contributed by atoms with Crippen LogP contribution >= 0.6 is 23.2 Å². The molecule has 3 aliphatic rings. The predicted molar refractivity (Wildman–Crippen MR) is 104 cm³/mol. The Bertz CT molecular complexity index is 656. The van der Waals surface area contributed by atoms with Gasteiger partial charge < -0.3 is 33.2 Å². The highest BCUT2D eigenvalue weighted by molar-refractivity contribution is 6.31. The van der Waals surface area contributed by atoms with E-state index in [1.807, 2.05) is 0 Å². The number of hydrogen-bond donors (Lipinski definition) is 0. The van der Waals surface area contributed by atoms with E-state index in [2.05, 4.69) is 0 Å². The first-order valence-corrected chi connectivity index (χ1v) is 10.8. The maximum Gasteiger partial charge on any atom is 0.327 e. The molecule has 9 nitrogen and oxygen atoms in total. The van der Waals surface area contributed by atoms with Gasteiger partial charge in [0.2, 0.25) is 0 Å². The van der Waals surface area contributed by atoms with Crippen molar-refractivity contribution in [1.82, 2.24) is 0 Å². The van der Waals surface area contributed by atoms with Crippen molar-refractivity contribution < 1.29 is 42.7 Å². The van der Waals surface area contributed by atoms with E-state index in [0.29, 0.717) is 6.42 Å². The van der Waals surface area contributed by atoms with Crippen molar-refractivity contribution >= 4 is 35.1 Å². The number of carbonyl (C=O) groups excluding carboxylic acids is 2. The van der Waals surface area contributed by atoms with Crippen molar-refractivity contribution in [3.8, 4) is 0 Å². The van der Waals surface area contributed by atoms with Crippen LogP contribution in [0.5, 0.6) is 0 Å². The lowest BCUT2D eigenvalue weighted by Crippen LogP contribution is -2.56. The molecule has 3 rings (SSSR count). The molecular weight excluding hydrogens is 443 g/mol. The summed E-state index contributed by atoms with van der Waals surface area (Å²) in [7, 11) is 0. The molecular formula is C19H28Cl2O9. The van der Waals surface area contributed by atoms with Gasteiger partial charge in [0.25, 0.3) is 0 Å². The second-order valence-electron chi connectivity index (χ2n) is 8.31. The molecule has 7 unspecified atom stereocenters. The molecule has 7 atom stereocenters. The van der Waals surface area contributed by atoms with Crippen LogP contribution in [0.1, 0.15) is 41.0 Å². The minimum absolute atomic E-state index is 0.142. The monoisotopic (exact) mass is 470 g/mol. The molecule has 0 aromatic carbocycles. The van der Waals surface area contributed by atoms with Gasteiger partial charge in [-0.25, -0.2) is 0 Å². The number of alkyl halides is 2. The normalized spacial score (nSPS) is 35.8. The smallest absolute Gasteiger partial charge is 0.327 e. The molecule has 3 aliphatic heterocycles. The molecule has 0 radical (unpaired) electrons. The number of rotatable bonds is 7. The van der Waals surface area contributed by atoms with Gasteiger partial charge in [0.15, 0.2) is 23.2 Å². The van der Waals surface area contributed by atoms with Gasteiger partial charge in [0.1, 0.15) is 43.0 Å². The number of halogens is 2. The standard InChI is InChI=1S/C19H28Cl2O9/c1-6-9(20)15(22)24-7-10(21)16(23)25-8-11-12-13(28-18(2,3)27-12)14-17(26-11)30-19(4,5)29-14/h9-14,17H,6-8H2,1-5H3. The van der Waals surface area contributed by atoms with Crippen molar-refractivity contribution in [3.05, 3.63) is 0 Å². The molecule has 172 valence electrons. The Morgan fingerprint density at radius 2 is 1.43 bits per heavy atom. The molecule has 30 heavy (non-hydrogen) atoms. The van der Waals surface area contributed by atoms with Crippen molar-refractivity contribution in [1.29, 1.82) is 0 Å². The number of hydrogen-bond acceptors (Lipinski definition) is 9. The second-order valence-corrected chi connectivity index (χ2v) is 9.36. The largest absolute Gasteiger partial charge is 0.462 e. The minimum Gasteiger partial charge on any atom is -0.462 e. The summed E-state index contributed by atoms with van der Waals surface area (Å²) in [6, 6.07) is 0. The third kappa shape index (κ3) is 5.38. The van der Waals surface area contributed by atoms with Gasteiger partial charge in [-0.15, -0.1) is 23.2 Å². The number of ether oxygens (including phenoxy) is 7. The molecule has 11 heteroatoms. The Labute approximate surface area is 185 Å². The first kappa shape index (κ1) is 24.0. The quantitative estimate of drug-likeness (QED) is 0.408. The minimum atomic E-state index is -1.18. The maximum absolute atomic E-state index is 12.2. The first-order valence-electron chi connectivity index (χ1n) is 9.90. The number of carbonyl (C=O) groups is 2. The Balaban J connectivity index is 1.56. The topological polar surface area (TPSA) is 98.8 Å². The molecule has 3 saturated heterocycles. The highest BCUT2D eigenvalue weighted by atomic mass is 35.5. The summed E-state index contributed by atoms with van der Waals surface area (Å²) in [5, 5.41) is -1.96. The second kappa shape index (κ2) is 9.05. The van der Waals surface area contributed by atoms with Crippen LogP contribution < -0.4 is 0 Å². The van der Waals surface area contributed by atoms with Gasteiger partial charge in [0.05, 0.1) is 0 Å². The summed E-state index contributed by atoms with van der Waals surface area (Å²) in [6.45, 7) is 8.39. The van der Waals surface area contributed by atoms with E-state index in [1.54, 1.807) is 34.6 Å². The van der Waals surface area contributed by atoms with Gasteiger partial charge in [0, 0.05) is 0 Å². The van der Waals surface area contributed by atoms with Crippen LogP contribution in [0.4, 0.5) is 0 Å². The van der Waals surface area contributed by atoms with Crippen LogP contribution in [0.3, 0.4) is 0 Å². The van der Waals surface area contributed by atoms with Gasteiger partial charge in [-0.2, -0.15) is 0 Å². The summed E-state index contributed by atoms with van der Waals surface area (Å²) >= 11 is 11.8. The van der Waals surface area contributed by atoms with Crippen LogP contribution in [-0.4, -0.2) is 78.2 Å².